The Morgan fingerprint density at radius 1 is 0.846 bits per heavy atom. The van der Waals surface area contributed by atoms with E-state index in [-0.39, 0.29) is 17.7 Å². The van der Waals surface area contributed by atoms with Crippen LogP contribution >= 0.6 is 23.2 Å². The van der Waals surface area contributed by atoms with Crippen LogP contribution in [0.15, 0.2) is 42.5 Å². The summed E-state index contributed by atoms with van der Waals surface area (Å²) in [7, 11) is 0. The summed E-state index contributed by atoms with van der Waals surface area (Å²) in [4.78, 5) is 24.7. The fourth-order valence-electron chi connectivity index (χ4n) is 3.12. The molecule has 0 bridgehead atoms. The van der Waals surface area contributed by atoms with Crippen LogP contribution in [0.25, 0.3) is 0 Å². The molecule has 0 unspecified atom stereocenters. The molecule has 0 heterocycles. The highest BCUT2D eigenvalue weighted by atomic mass is 35.5. The number of amides is 2. The maximum atomic E-state index is 12.4. The summed E-state index contributed by atoms with van der Waals surface area (Å²) in [5.74, 6) is -0.163. The Morgan fingerprint density at radius 2 is 1.46 bits per heavy atom. The van der Waals surface area contributed by atoms with Gasteiger partial charge in [0.25, 0.3) is 5.91 Å². The van der Waals surface area contributed by atoms with Crippen LogP contribution in [0.1, 0.15) is 42.5 Å². The van der Waals surface area contributed by atoms with E-state index in [9.17, 15) is 9.59 Å². The van der Waals surface area contributed by atoms with E-state index in [0.29, 0.717) is 27.0 Å². The van der Waals surface area contributed by atoms with Crippen LogP contribution in [0, 0.1) is 5.92 Å². The van der Waals surface area contributed by atoms with Crippen LogP contribution < -0.4 is 10.6 Å². The van der Waals surface area contributed by atoms with Gasteiger partial charge in [-0.2, -0.15) is 0 Å². The molecule has 1 aliphatic rings. The zero-order valence-corrected chi connectivity index (χ0v) is 15.7. The molecule has 4 nitrogen and oxygen atoms in total. The first kappa shape index (κ1) is 18.7. The largest absolute Gasteiger partial charge is 0.326 e. The number of nitrogens with one attached hydrogen (secondary N) is 2. The van der Waals surface area contributed by atoms with Crippen LogP contribution in [-0.4, -0.2) is 11.8 Å². The predicted octanol–water partition coefficient (Wildman–Crippen LogP) is 5.76. The monoisotopic (exact) mass is 390 g/mol. The van der Waals surface area contributed by atoms with Gasteiger partial charge in [-0.05, 0) is 49.2 Å². The van der Waals surface area contributed by atoms with Crippen molar-refractivity contribution >= 4 is 46.4 Å². The van der Waals surface area contributed by atoms with Gasteiger partial charge in [-0.15, -0.1) is 0 Å². The first-order valence-electron chi connectivity index (χ1n) is 8.71. The lowest BCUT2D eigenvalue weighted by molar-refractivity contribution is -0.120. The first-order valence-corrected chi connectivity index (χ1v) is 9.46. The van der Waals surface area contributed by atoms with E-state index in [4.69, 9.17) is 23.2 Å². The van der Waals surface area contributed by atoms with Gasteiger partial charge >= 0.3 is 0 Å². The van der Waals surface area contributed by atoms with E-state index in [2.05, 4.69) is 10.6 Å². The fourth-order valence-corrected chi connectivity index (χ4v) is 3.61. The minimum atomic E-state index is -0.315. The van der Waals surface area contributed by atoms with Gasteiger partial charge in [0.15, 0.2) is 0 Å². The van der Waals surface area contributed by atoms with Crippen molar-refractivity contribution in [2.24, 2.45) is 5.92 Å². The number of halogens is 2. The molecule has 2 aromatic carbocycles. The van der Waals surface area contributed by atoms with E-state index < -0.39 is 0 Å². The third kappa shape index (κ3) is 4.57. The molecule has 1 saturated carbocycles. The maximum absolute atomic E-state index is 12.4. The molecule has 2 aromatic rings. The summed E-state index contributed by atoms with van der Waals surface area (Å²) < 4.78 is 0. The van der Waals surface area contributed by atoms with Crippen molar-refractivity contribution in [3.8, 4) is 0 Å². The number of para-hydroxylation sites is 1. The molecule has 0 atom stereocenters. The van der Waals surface area contributed by atoms with Crippen LogP contribution in [0.2, 0.25) is 10.0 Å². The minimum absolute atomic E-state index is 0.0600. The zero-order chi connectivity index (χ0) is 18.5. The Bertz CT molecular complexity index is 780. The summed E-state index contributed by atoms with van der Waals surface area (Å²) >= 11 is 12.1. The second kappa shape index (κ2) is 8.56. The Morgan fingerprint density at radius 3 is 2.08 bits per heavy atom. The van der Waals surface area contributed by atoms with E-state index in [1.807, 2.05) is 0 Å². The van der Waals surface area contributed by atoms with Gasteiger partial charge in [0.2, 0.25) is 5.91 Å². The van der Waals surface area contributed by atoms with E-state index >= 15 is 0 Å². The SMILES string of the molecule is O=C(Nc1c(Cl)cccc1Cl)c1ccc(NC(=O)C2CCCCC2)cc1. The van der Waals surface area contributed by atoms with Gasteiger partial charge < -0.3 is 10.6 Å². The molecular formula is C20H20Cl2N2O2. The van der Waals surface area contributed by atoms with Gasteiger partial charge in [0.05, 0.1) is 15.7 Å². The number of carbonyl (C=O) groups is 2. The molecule has 0 aliphatic heterocycles. The number of hydrogen-bond acceptors (Lipinski definition) is 2. The van der Waals surface area contributed by atoms with E-state index in [1.54, 1.807) is 42.5 Å². The highest BCUT2D eigenvalue weighted by molar-refractivity contribution is 6.40. The quantitative estimate of drug-likeness (QED) is 0.696. The summed E-state index contributed by atoms with van der Waals surface area (Å²) in [6.07, 6.45) is 5.34. The van der Waals surface area contributed by atoms with Crippen molar-refractivity contribution < 1.29 is 9.59 Å². The second-order valence-corrected chi connectivity index (χ2v) is 7.27. The van der Waals surface area contributed by atoms with Crippen LogP contribution in [0.5, 0.6) is 0 Å². The minimum Gasteiger partial charge on any atom is -0.326 e. The van der Waals surface area contributed by atoms with Crippen molar-refractivity contribution in [3.05, 3.63) is 58.1 Å². The first-order chi connectivity index (χ1) is 12.5. The average molecular weight is 391 g/mol. The Kier molecular flexibility index (Phi) is 6.17. The molecule has 0 radical (unpaired) electrons. The molecular weight excluding hydrogens is 371 g/mol. The molecule has 0 aromatic heterocycles. The van der Waals surface area contributed by atoms with Crippen LogP contribution in [0.3, 0.4) is 0 Å². The summed E-state index contributed by atoms with van der Waals surface area (Å²) in [6.45, 7) is 0. The predicted molar refractivity (Wildman–Crippen MR) is 106 cm³/mol. The second-order valence-electron chi connectivity index (χ2n) is 6.45. The third-order valence-electron chi connectivity index (χ3n) is 4.59. The van der Waals surface area contributed by atoms with Gasteiger partial charge in [0.1, 0.15) is 0 Å². The third-order valence-corrected chi connectivity index (χ3v) is 5.22. The number of anilines is 2. The van der Waals surface area contributed by atoms with Crippen molar-refractivity contribution in [2.45, 2.75) is 32.1 Å². The summed E-state index contributed by atoms with van der Waals surface area (Å²) in [6, 6.07) is 11.8. The number of rotatable bonds is 4. The van der Waals surface area contributed by atoms with Gasteiger partial charge in [0, 0.05) is 17.2 Å². The lowest BCUT2D eigenvalue weighted by atomic mass is 9.88. The molecule has 1 aliphatic carbocycles. The number of carbonyl (C=O) groups excluding carboxylic acids is 2. The Hall–Kier alpha value is -2.04. The standard InChI is InChI=1S/C20H20Cl2N2O2/c21-16-7-4-8-17(22)18(16)24-20(26)14-9-11-15(12-10-14)23-19(25)13-5-2-1-3-6-13/h4,7-13H,1-3,5-6H2,(H,23,25)(H,24,26). The molecule has 6 heteroatoms. The lowest BCUT2D eigenvalue weighted by Gasteiger charge is -2.20. The van der Waals surface area contributed by atoms with Gasteiger partial charge in [-0.25, -0.2) is 0 Å². The molecule has 136 valence electrons. The Labute approximate surface area is 162 Å². The van der Waals surface area contributed by atoms with Crippen LogP contribution in [-0.2, 0) is 4.79 Å². The van der Waals surface area contributed by atoms with Crippen molar-refractivity contribution in [1.29, 1.82) is 0 Å². The fraction of sp³-hybridized carbons (Fsp3) is 0.300. The number of hydrogen-bond donors (Lipinski definition) is 2. The van der Waals surface area contributed by atoms with Crippen molar-refractivity contribution in [2.75, 3.05) is 10.6 Å². The molecule has 3 rings (SSSR count). The molecule has 2 amide bonds. The maximum Gasteiger partial charge on any atom is 0.255 e. The molecule has 1 fully saturated rings. The van der Waals surface area contributed by atoms with Crippen molar-refractivity contribution in [1.82, 2.24) is 0 Å². The van der Waals surface area contributed by atoms with Crippen LogP contribution in [0.4, 0.5) is 11.4 Å². The van der Waals surface area contributed by atoms with Gasteiger partial charge in [-0.3, -0.25) is 9.59 Å². The van der Waals surface area contributed by atoms with E-state index in [0.717, 1.165) is 25.7 Å². The van der Waals surface area contributed by atoms with Crippen molar-refractivity contribution in [3.63, 3.8) is 0 Å². The smallest absolute Gasteiger partial charge is 0.255 e. The number of benzene rings is 2. The summed E-state index contributed by atoms with van der Waals surface area (Å²) in [5.41, 5.74) is 1.53. The highest BCUT2D eigenvalue weighted by Gasteiger charge is 2.21. The molecule has 0 spiro atoms. The highest BCUT2D eigenvalue weighted by Crippen LogP contribution is 2.30. The van der Waals surface area contributed by atoms with Gasteiger partial charge in [-0.1, -0.05) is 48.5 Å². The molecule has 2 N–H and O–H groups in total. The molecule has 26 heavy (non-hydrogen) atoms. The average Bonchev–Trinajstić information content (AvgIpc) is 2.66. The van der Waals surface area contributed by atoms with E-state index in [1.165, 1.54) is 6.42 Å². The zero-order valence-electron chi connectivity index (χ0n) is 14.2. The summed E-state index contributed by atoms with van der Waals surface area (Å²) in [5, 5.41) is 6.40. The lowest BCUT2D eigenvalue weighted by Crippen LogP contribution is -2.24. The normalized spacial score (nSPS) is 14.7. The topological polar surface area (TPSA) is 58.2 Å². The Balaban J connectivity index is 1.63. The molecule has 0 saturated heterocycles.